The van der Waals surface area contributed by atoms with E-state index in [4.69, 9.17) is 0 Å². The normalized spacial score (nSPS) is 16.6. The van der Waals surface area contributed by atoms with Gasteiger partial charge in [0.15, 0.2) is 0 Å². The minimum absolute atomic E-state index is 0.0999. The average Bonchev–Trinajstić information content (AvgIpc) is 3.29. The summed E-state index contributed by atoms with van der Waals surface area (Å²) >= 11 is 1.48. The van der Waals surface area contributed by atoms with Gasteiger partial charge in [0.1, 0.15) is 16.7 Å². The van der Waals surface area contributed by atoms with E-state index >= 15 is 0 Å². The highest BCUT2D eigenvalue weighted by Crippen LogP contribution is 2.21. The lowest BCUT2D eigenvalue weighted by Crippen LogP contribution is -2.41. The van der Waals surface area contributed by atoms with Gasteiger partial charge in [0.25, 0.3) is 0 Å². The van der Waals surface area contributed by atoms with Crippen molar-refractivity contribution >= 4 is 17.2 Å². The van der Waals surface area contributed by atoms with Gasteiger partial charge in [0.05, 0.1) is 30.5 Å². The number of aromatic amines is 1. The Morgan fingerprint density at radius 3 is 3.21 bits per heavy atom. The standard InChI is InChI=1S/C15H15N7OS/c23-14(13-12-10(1-2-18-13)20-8-21-12)19-5-9-7-24-15(22-9)11-6-16-3-4-17-11/h3-4,6-8,13,18H,1-2,5H2,(H,19,23)(H,20,21)/t13-/m1/s1. The van der Waals surface area contributed by atoms with Crippen LogP contribution in [-0.4, -0.2) is 37.4 Å². The number of thiazole rings is 1. The summed E-state index contributed by atoms with van der Waals surface area (Å²) in [5, 5.41) is 8.82. The van der Waals surface area contributed by atoms with E-state index < -0.39 is 6.04 Å². The van der Waals surface area contributed by atoms with Gasteiger partial charge in [-0.3, -0.25) is 14.8 Å². The molecule has 4 rings (SSSR count). The summed E-state index contributed by atoms with van der Waals surface area (Å²) in [6, 6.07) is -0.418. The van der Waals surface area contributed by atoms with Gasteiger partial charge < -0.3 is 15.6 Å². The molecule has 1 amide bonds. The maximum atomic E-state index is 12.4. The smallest absolute Gasteiger partial charge is 0.243 e. The number of hydrogen-bond acceptors (Lipinski definition) is 7. The Kier molecular flexibility index (Phi) is 4.01. The molecule has 1 atom stereocenters. The second kappa shape index (κ2) is 6.46. The minimum Gasteiger partial charge on any atom is -0.349 e. The first-order valence-corrected chi connectivity index (χ1v) is 8.43. The summed E-state index contributed by atoms with van der Waals surface area (Å²) < 4.78 is 0. The second-order valence-corrected chi connectivity index (χ2v) is 6.21. The lowest BCUT2D eigenvalue weighted by Gasteiger charge is -2.21. The van der Waals surface area contributed by atoms with Crippen molar-refractivity contribution in [2.24, 2.45) is 0 Å². The van der Waals surface area contributed by atoms with Crippen LogP contribution in [0.1, 0.15) is 23.1 Å². The number of hydrogen-bond donors (Lipinski definition) is 3. The van der Waals surface area contributed by atoms with Crippen LogP contribution in [-0.2, 0) is 17.8 Å². The summed E-state index contributed by atoms with van der Waals surface area (Å²) in [7, 11) is 0. The Morgan fingerprint density at radius 2 is 2.33 bits per heavy atom. The molecule has 0 fully saturated rings. The van der Waals surface area contributed by atoms with E-state index in [1.54, 1.807) is 24.9 Å². The first-order valence-electron chi connectivity index (χ1n) is 7.55. The lowest BCUT2D eigenvalue weighted by atomic mass is 10.1. The maximum absolute atomic E-state index is 12.4. The molecule has 1 aliphatic rings. The molecule has 24 heavy (non-hydrogen) atoms. The fourth-order valence-electron chi connectivity index (χ4n) is 2.63. The Morgan fingerprint density at radius 1 is 1.38 bits per heavy atom. The Labute approximate surface area is 141 Å². The average molecular weight is 341 g/mol. The highest BCUT2D eigenvalue weighted by atomic mass is 32.1. The molecule has 122 valence electrons. The van der Waals surface area contributed by atoms with Crippen LogP contribution >= 0.6 is 11.3 Å². The van der Waals surface area contributed by atoms with Gasteiger partial charge >= 0.3 is 0 Å². The summed E-state index contributed by atoms with van der Waals surface area (Å²) in [6.07, 6.45) is 7.41. The van der Waals surface area contributed by atoms with Crippen LogP contribution in [0.15, 0.2) is 30.3 Å². The third-order valence-electron chi connectivity index (χ3n) is 3.79. The molecular formula is C15H15N7OS. The van der Waals surface area contributed by atoms with Crippen LogP contribution in [0.5, 0.6) is 0 Å². The summed E-state index contributed by atoms with van der Waals surface area (Å²) in [4.78, 5) is 32.5. The van der Waals surface area contributed by atoms with Gasteiger partial charge in [-0.25, -0.2) is 9.97 Å². The Balaban J connectivity index is 1.41. The van der Waals surface area contributed by atoms with E-state index in [0.29, 0.717) is 6.54 Å². The van der Waals surface area contributed by atoms with E-state index in [1.807, 2.05) is 5.38 Å². The number of fused-ring (bicyclic) bond motifs is 1. The zero-order valence-corrected chi connectivity index (χ0v) is 13.5. The van der Waals surface area contributed by atoms with Gasteiger partial charge in [-0.2, -0.15) is 0 Å². The molecule has 0 spiro atoms. The maximum Gasteiger partial charge on any atom is 0.243 e. The molecule has 0 aliphatic carbocycles. The molecule has 0 bridgehead atoms. The number of amides is 1. The van der Waals surface area contributed by atoms with Crippen molar-refractivity contribution in [2.75, 3.05) is 6.54 Å². The van der Waals surface area contributed by atoms with E-state index in [9.17, 15) is 4.79 Å². The van der Waals surface area contributed by atoms with Crippen molar-refractivity contribution in [3.8, 4) is 10.7 Å². The number of rotatable bonds is 4. The van der Waals surface area contributed by atoms with Crippen molar-refractivity contribution in [1.82, 2.24) is 35.6 Å². The molecule has 0 aromatic carbocycles. The fourth-order valence-corrected chi connectivity index (χ4v) is 3.41. The van der Waals surface area contributed by atoms with Gasteiger partial charge in [-0.1, -0.05) is 0 Å². The van der Waals surface area contributed by atoms with E-state index in [2.05, 4.69) is 35.6 Å². The van der Waals surface area contributed by atoms with Crippen molar-refractivity contribution in [3.63, 3.8) is 0 Å². The van der Waals surface area contributed by atoms with Crippen LogP contribution in [0.3, 0.4) is 0 Å². The van der Waals surface area contributed by atoms with Crippen molar-refractivity contribution in [1.29, 1.82) is 0 Å². The predicted molar refractivity (Wildman–Crippen MR) is 88.0 cm³/mol. The molecule has 3 N–H and O–H groups in total. The van der Waals surface area contributed by atoms with E-state index in [1.165, 1.54) is 11.3 Å². The number of aromatic nitrogens is 5. The van der Waals surface area contributed by atoms with Gasteiger partial charge in [0, 0.05) is 36.4 Å². The van der Waals surface area contributed by atoms with Crippen LogP contribution in [0.2, 0.25) is 0 Å². The molecular weight excluding hydrogens is 326 g/mol. The van der Waals surface area contributed by atoms with Crippen LogP contribution in [0.4, 0.5) is 0 Å². The van der Waals surface area contributed by atoms with Crippen molar-refractivity contribution in [3.05, 3.63) is 47.4 Å². The first-order chi connectivity index (χ1) is 11.8. The van der Waals surface area contributed by atoms with Crippen LogP contribution in [0, 0.1) is 0 Å². The number of nitrogens with zero attached hydrogens (tertiary/aromatic N) is 4. The highest BCUT2D eigenvalue weighted by molar-refractivity contribution is 7.13. The number of nitrogens with one attached hydrogen (secondary N) is 3. The van der Waals surface area contributed by atoms with Gasteiger partial charge in [0.2, 0.25) is 5.91 Å². The molecule has 9 heteroatoms. The zero-order valence-electron chi connectivity index (χ0n) is 12.7. The Bertz CT molecular complexity index is 844. The summed E-state index contributed by atoms with van der Waals surface area (Å²) in [5.74, 6) is -0.0999. The predicted octanol–water partition coefficient (Wildman–Crippen LogP) is 0.826. The van der Waals surface area contributed by atoms with Crippen molar-refractivity contribution in [2.45, 2.75) is 19.0 Å². The molecule has 0 radical (unpaired) electrons. The van der Waals surface area contributed by atoms with Gasteiger partial charge in [-0.15, -0.1) is 11.3 Å². The first kappa shape index (κ1) is 14.9. The number of imidazole rings is 1. The fraction of sp³-hybridized carbons (Fsp3) is 0.267. The van der Waals surface area contributed by atoms with Crippen molar-refractivity contribution < 1.29 is 4.79 Å². The molecule has 0 saturated carbocycles. The number of carbonyl (C=O) groups excluding carboxylic acids is 1. The van der Waals surface area contributed by atoms with Crippen LogP contribution in [0.25, 0.3) is 10.7 Å². The zero-order chi connectivity index (χ0) is 16.4. The van der Waals surface area contributed by atoms with E-state index in [-0.39, 0.29) is 5.91 Å². The molecule has 0 unspecified atom stereocenters. The third kappa shape index (κ3) is 2.91. The highest BCUT2D eigenvalue weighted by Gasteiger charge is 2.28. The second-order valence-electron chi connectivity index (χ2n) is 5.36. The van der Waals surface area contributed by atoms with E-state index in [0.717, 1.165) is 40.7 Å². The topological polar surface area (TPSA) is 108 Å². The number of H-pyrrole nitrogens is 1. The molecule has 0 saturated heterocycles. The largest absolute Gasteiger partial charge is 0.349 e. The molecule has 4 heterocycles. The summed E-state index contributed by atoms with van der Waals surface area (Å²) in [5.41, 5.74) is 3.33. The molecule has 1 aliphatic heterocycles. The minimum atomic E-state index is -0.418. The third-order valence-corrected chi connectivity index (χ3v) is 4.70. The monoisotopic (exact) mass is 341 g/mol. The Hall–Kier alpha value is -2.65. The molecule has 8 nitrogen and oxygen atoms in total. The SMILES string of the molecule is O=C(NCc1csc(-c2cnccn2)n1)[C@@H]1NCCc2[nH]cnc21. The molecule has 3 aromatic rings. The summed E-state index contributed by atoms with van der Waals surface area (Å²) in [6.45, 7) is 1.12. The quantitative estimate of drug-likeness (QED) is 0.648. The number of carbonyl (C=O) groups is 1. The molecule has 3 aromatic heterocycles. The lowest BCUT2D eigenvalue weighted by molar-refractivity contribution is -0.123. The van der Waals surface area contributed by atoms with Gasteiger partial charge in [-0.05, 0) is 0 Å². The van der Waals surface area contributed by atoms with Crippen LogP contribution < -0.4 is 10.6 Å².